The summed E-state index contributed by atoms with van der Waals surface area (Å²) in [4.78, 5) is 19.0. The van der Waals surface area contributed by atoms with Crippen LogP contribution in [0.4, 0.5) is 0 Å². The van der Waals surface area contributed by atoms with E-state index in [1.807, 2.05) is 66.7 Å². The van der Waals surface area contributed by atoms with E-state index in [9.17, 15) is 0 Å². The summed E-state index contributed by atoms with van der Waals surface area (Å²) in [5, 5.41) is 0. The van der Waals surface area contributed by atoms with Crippen molar-refractivity contribution in [1.82, 2.24) is 24.9 Å². The molecule has 2 aromatic carbocycles. The highest BCUT2D eigenvalue weighted by Crippen LogP contribution is 2.17. The van der Waals surface area contributed by atoms with E-state index in [0.717, 1.165) is 33.6 Å². The minimum Gasteiger partial charge on any atom is -0.345 e. The number of hydrogen-bond acceptors (Lipinski definition) is 3. The average Bonchev–Trinajstić information content (AvgIpc) is 3.29. The molecule has 0 saturated carbocycles. The van der Waals surface area contributed by atoms with E-state index >= 15 is 0 Å². The summed E-state index contributed by atoms with van der Waals surface area (Å²) in [5.41, 5.74) is 5.00. The number of hydrogen-bond donors (Lipinski definition) is 2. The number of benzene rings is 2. The molecular weight excluding hydrogens is 298 g/mol. The van der Waals surface area contributed by atoms with E-state index in [-0.39, 0.29) is 0 Å². The minimum absolute atomic E-state index is 0.816. The zero-order chi connectivity index (χ0) is 16.2. The Morgan fingerprint density at radius 2 is 1.42 bits per heavy atom. The molecule has 0 bridgehead atoms. The Bertz CT molecular complexity index is 999. The fourth-order valence-corrected chi connectivity index (χ4v) is 2.46. The van der Waals surface area contributed by atoms with Gasteiger partial charge in [-0.1, -0.05) is 30.3 Å². The van der Waals surface area contributed by atoms with Crippen LogP contribution in [0.5, 0.6) is 0 Å². The van der Waals surface area contributed by atoms with Crippen molar-refractivity contribution >= 4 is 22.1 Å². The number of rotatable bonds is 1. The molecule has 24 heavy (non-hydrogen) atoms. The molecule has 5 nitrogen and oxygen atoms in total. The number of H-pyrrole nitrogens is 2. The quantitative estimate of drug-likeness (QED) is 0.487. The predicted molar refractivity (Wildman–Crippen MR) is 95.4 cm³/mol. The van der Waals surface area contributed by atoms with Gasteiger partial charge in [0.15, 0.2) is 5.82 Å². The second-order valence-electron chi connectivity index (χ2n) is 5.24. The lowest BCUT2D eigenvalue weighted by Crippen LogP contribution is -1.82. The molecule has 0 spiro atoms. The van der Waals surface area contributed by atoms with Crippen LogP contribution in [0.15, 0.2) is 79.3 Å². The van der Waals surface area contributed by atoms with Gasteiger partial charge >= 0.3 is 0 Å². The van der Waals surface area contributed by atoms with Crippen LogP contribution < -0.4 is 0 Å². The van der Waals surface area contributed by atoms with Crippen LogP contribution in [0.3, 0.4) is 0 Å². The standard InChI is InChI=1S/C12H9N3.C7H6N2/c1-2-6-10-9(5-1)14-12(15-10)11-7-3-4-8-13-11;1-2-4-7-6(3-1)8-5-9-7/h1-8H,(H,14,15);1-5H,(H,8,9). The molecule has 0 atom stereocenters. The molecule has 2 N–H and O–H groups in total. The lowest BCUT2D eigenvalue weighted by Gasteiger charge is -1.92. The van der Waals surface area contributed by atoms with Gasteiger partial charge < -0.3 is 9.97 Å². The molecule has 0 fully saturated rings. The van der Waals surface area contributed by atoms with E-state index in [1.54, 1.807) is 12.5 Å². The van der Waals surface area contributed by atoms with E-state index in [4.69, 9.17) is 0 Å². The van der Waals surface area contributed by atoms with Gasteiger partial charge in [-0.2, -0.15) is 0 Å². The molecule has 3 aromatic heterocycles. The number of para-hydroxylation sites is 4. The predicted octanol–water partition coefficient (Wildman–Crippen LogP) is 4.19. The molecule has 0 aliphatic rings. The highest BCUT2D eigenvalue weighted by molar-refractivity contribution is 5.78. The molecule has 5 aromatic rings. The zero-order valence-corrected chi connectivity index (χ0v) is 12.8. The number of nitrogens with one attached hydrogen (secondary N) is 2. The second kappa shape index (κ2) is 6.34. The summed E-state index contributed by atoms with van der Waals surface area (Å²) in [6, 6.07) is 21.7. The number of aromatic amines is 2. The average molecular weight is 313 g/mol. The first-order valence-corrected chi connectivity index (χ1v) is 7.64. The van der Waals surface area contributed by atoms with Gasteiger partial charge in [-0.15, -0.1) is 0 Å². The van der Waals surface area contributed by atoms with Gasteiger partial charge in [0.1, 0.15) is 5.69 Å². The smallest absolute Gasteiger partial charge is 0.157 e. The number of fused-ring (bicyclic) bond motifs is 2. The van der Waals surface area contributed by atoms with E-state index in [2.05, 4.69) is 24.9 Å². The highest BCUT2D eigenvalue weighted by Gasteiger charge is 2.04. The number of pyridine rings is 1. The van der Waals surface area contributed by atoms with Crippen LogP contribution in [0.2, 0.25) is 0 Å². The van der Waals surface area contributed by atoms with Gasteiger partial charge in [0, 0.05) is 6.20 Å². The molecule has 116 valence electrons. The molecule has 3 heterocycles. The normalized spacial score (nSPS) is 10.5. The molecule has 0 aliphatic heterocycles. The largest absolute Gasteiger partial charge is 0.345 e. The lowest BCUT2D eigenvalue weighted by atomic mass is 10.3. The Hall–Kier alpha value is -3.47. The van der Waals surface area contributed by atoms with Crippen LogP contribution in [0.1, 0.15) is 0 Å². The number of imidazole rings is 2. The van der Waals surface area contributed by atoms with E-state index in [1.165, 1.54) is 0 Å². The first kappa shape index (κ1) is 14.1. The SMILES string of the molecule is c1ccc(-c2nc3ccccc3[nH]2)nc1.c1ccc2[nH]cnc2c1. The Labute approximate surface area is 138 Å². The van der Waals surface area contributed by atoms with Crippen molar-refractivity contribution in [3.8, 4) is 11.5 Å². The van der Waals surface area contributed by atoms with Crippen molar-refractivity contribution in [2.24, 2.45) is 0 Å². The van der Waals surface area contributed by atoms with Gasteiger partial charge in [0.05, 0.1) is 28.4 Å². The van der Waals surface area contributed by atoms with Crippen LogP contribution in [-0.2, 0) is 0 Å². The van der Waals surface area contributed by atoms with Crippen molar-refractivity contribution in [2.45, 2.75) is 0 Å². The summed E-state index contributed by atoms with van der Waals surface area (Å²) in [7, 11) is 0. The molecule has 5 rings (SSSR count). The summed E-state index contributed by atoms with van der Waals surface area (Å²) in [6.45, 7) is 0. The second-order valence-corrected chi connectivity index (χ2v) is 5.24. The van der Waals surface area contributed by atoms with Crippen LogP contribution >= 0.6 is 0 Å². The number of aromatic nitrogens is 5. The van der Waals surface area contributed by atoms with Gasteiger partial charge in [-0.25, -0.2) is 9.97 Å². The molecule has 0 radical (unpaired) electrons. The fraction of sp³-hybridized carbons (Fsp3) is 0. The maximum Gasteiger partial charge on any atom is 0.157 e. The Morgan fingerprint density at radius 1 is 0.667 bits per heavy atom. The molecule has 0 unspecified atom stereocenters. The Morgan fingerprint density at radius 3 is 2.17 bits per heavy atom. The van der Waals surface area contributed by atoms with Gasteiger partial charge in [-0.05, 0) is 36.4 Å². The monoisotopic (exact) mass is 313 g/mol. The molecule has 0 saturated heterocycles. The maximum absolute atomic E-state index is 4.46. The first-order valence-electron chi connectivity index (χ1n) is 7.64. The van der Waals surface area contributed by atoms with Crippen molar-refractivity contribution in [3.63, 3.8) is 0 Å². The first-order chi connectivity index (χ1) is 11.9. The zero-order valence-electron chi connectivity index (χ0n) is 12.8. The topological polar surface area (TPSA) is 70.2 Å². The van der Waals surface area contributed by atoms with Gasteiger partial charge in [-0.3, -0.25) is 4.98 Å². The Kier molecular flexibility index (Phi) is 3.73. The summed E-state index contributed by atoms with van der Waals surface area (Å²) in [5.74, 6) is 0.816. The summed E-state index contributed by atoms with van der Waals surface area (Å²) in [6.07, 6.45) is 3.47. The molecule has 5 heteroatoms. The van der Waals surface area contributed by atoms with Crippen molar-refractivity contribution < 1.29 is 0 Å². The third-order valence-corrected chi connectivity index (χ3v) is 3.62. The minimum atomic E-state index is 0.816. The lowest BCUT2D eigenvalue weighted by molar-refractivity contribution is 1.24. The molecule has 0 amide bonds. The maximum atomic E-state index is 4.46. The third kappa shape index (κ3) is 2.87. The fourth-order valence-electron chi connectivity index (χ4n) is 2.46. The Balaban J connectivity index is 0.000000138. The summed E-state index contributed by atoms with van der Waals surface area (Å²) < 4.78 is 0. The molecular formula is C19H15N5. The van der Waals surface area contributed by atoms with E-state index in [0.29, 0.717) is 0 Å². The number of nitrogens with zero attached hydrogens (tertiary/aromatic N) is 3. The van der Waals surface area contributed by atoms with Crippen molar-refractivity contribution in [2.75, 3.05) is 0 Å². The van der Waals surface area contributed by atoms with Crippen LogP contribution in [0.25, 0.3) is 33.6 Å². The van der Waals surface area contributed by atoms with Crippen molar-refractivity contribution in [3.05, 3.63) is 79.3 Å². The van der Waals surface area contributed by atoms with E-state index < -0.39 is 0 Å². The molecule has 0 aliphatic carbocycles. The van der Waals surface area contributed by atoms with Crippen LogP contribution in [0, 0.1) is 0 Å². The van der Waals surface area contributed by atoms with Crippen LogP contribution in [-0.4, -0.2) is 24.9 Å². The summed E-state index contributed by atoms with van der Waals surface area (Å²) >= 11 is 0. The van der Waals surface area contributed by atoms with Gasteiger partial charge in [0.2, 0.25) is 0 Å². The van der Waals surface area contributed by atoms with Gasteiger partial charge in [0.25, 0.3) is 0 Å². The third-order valence-electron chi connectivity index (χ3n) is 3.62. The van der Waals surface area contributed by atoms with Crippen molar-refractivity contribution in [1.29, 1.82) is 0 Å². The highest BCUT2D eigenvalue weighted by atomic mass is 14.9.